The molecule has 14 heteroatoms. The minimum Gasteiger partial charge on any atom is -0.443 e. The van der Waals surface area contributed by atoms with Crippen LogP contribution in [0, 0.1) is 0 Å². The van der Waals surface area contributed by atoms with Crippen molar-refractivity contribution < 1.29 is 43.7 Å². The van der Waals surface area contributed by atoms with E-state index in [1.807, 2.05) is 0 Å². The van der Waals surface area contributed by atoms with Crippen LogP contribution in [0.5, 0.6) is 0 Å². The van der Waals surface area contributed by atoms with Gasteiger partial charge in [0.1, 0.15) is 22.7 Å². The fourth-order valence-electron chi connectivity index (χ4n) is 6.31. The second kappa shape index (κ2) is 18.6. The predicted octanol–water partition coefficient (Wildman–Crippen LogP) is 2.67. The van der Waals surface area contributed by atoms with E-state index in [9.17, 15) is 24.6 Å². The molecule has 0 radical (unpaired) electrons. The maximum atomic E-state index is 15.9. The molecule has 0 saturated heterocycles. The quantitative estimate of drug-likeness (QED) is 0.115. The molecule has 298 valence electrons. The summed E-state index contributed by atoms with van der Waals surface area (Å²) in [5, 5.41) is 23.5. The molecule has 0 aliphatic rings. The van der Waals surface area contributed by atoms with E-state index in [1.54, 1.807) is 108 Å². The van der Waals surface area contributed by atoms with Crippen molar-refractivity contribution in [3.63, 3.8) is 0 Å². The Kier molecular flexibility index (Phi) is 15.0. The fraction of sp³-hybridized carbons (Fsp3) is 0.439. The first-order valence-electron chi connectivity index (χ1n) is 18.0. The summed E-state index contributed by atoms with van der Waals surface area (Å²) in [7, 11) is 0. The maximum Gasteiger partial charge on any atom is 0.420 e. The van der Waals surface area contributed by atoms with E-state index in [-0.39, 0.29) is 12.0 Å². The zero-order valence-corrected chi connectivity index (χ0v) is 32.3. The largest absolute Gasteiger partial charge is 0.443 e. The maximum absolute atomic E-state index is 15.9. The molecule has 3 amide bonds. The summed E-state index contributed by atoms with van der Waals surface area (Å²) < 4.78 is 11.3. The molecule has 1 unspecified atom stereocenters. The number of rotatable bonds is 16. The summed E-state index contributed by atoms with van der Waals surface area (Å²) in [6, 6.07) is 17.6. The van der Waals surface area contributed by atoms with E-state index in [0.29, 0.717) is 16.0 Å². The molecular formula is C41H55N5O9. The summed E-state index contributed by atoms with van der Waals surface area (Å²) in [5.41, 5.74) is 21.0. The molecule has 7 atom stereocenters. The molecule has 14 nitrogen and oxygen atoms in total. The molecule has 0 bridgehead atoms. The van der Waals surface area contributed by atoms with Crippen LogP contribution in [0.2, 0.25) is 0 Å². The molecule has 0 aliphatic carbocycles. The highest BCUT2D eigenvalue weighted by Gasteiger charge is 2.60. The number of Topliss-reactive ketones (excluding diaryl/α,β-unsaturated/α-hetero) is 2. The Morgan fingerprint density at radius 1 is 0.636 bits per heavy atom. The predicted molar refractivity (Wildman–Crippen MR) is 206 cm³/mol. The van der Waals surface area contributed by atoms with Crippen LogP contribution >= 0.6 is 0 Å². The van der Waals surface area contributed by atoms with Crippen molar-refractivity contribution in [1.82, 2.24) is 4.90 Å². The molecule has 0 fully saturated rings. The van der Waals surface area contributed by atoms with Crippen LogP contribution in [0.15, 0.2) is 91.0 Å². The van der Waals surface area contributed by atoms with Gasteiger partial charge in [-0.15, -0.1) is 0 Å². The molecule has 0 aromatic heterocycles. The fourth-order valence-corrected chi connectivity index (χ4v) is 6.31. The number of ether oxygens (including phenoxy) is 2. The van der Waals surface area contributed by atoms with Crippen molar-refractivity contribution in [1.29, 1.82) is 0 Å². The van der Waals surface area contributed by atoms with Gasteiger partial charge >= 0.3 is 12.2 Å². The lowest BCUT2D eigenvalue weighted by atomic mass is 9.62. The van der Waals surface area contributed by atoms with Crippen LogP contribution < -0.4 is 22.9 Å². The van der Waals surface area contributed by atoms with Crippen molar-refractivity contribution in [3.05, 3.63) is 108 Å². The monoisotopic (exact) mass is 761 g/mol. The first-order valence-corrected chi connectivity index (χ1v) is 18.0. The van der Waals surface area contributed by atoms with Gasteiger partial charge in [0.25, 0.3) is 0 Å². The van der Waals surface area contributed by atoms with Crippen LogP contribution in [-0.2, 0) is 42.1 Å². The molecule has 3 aromatic rings. The summed E-state index contributed by atoms with van der Waals surface area (Å²) >= 11 is 0. The molecule has 0 heterocycles. The zero-order valence-electron chi connectivity index (χ0n) is 32.3. The van der Waals surface area contributed by atoms with Gasteiger partial charge in [0.15, 0.2) is 11.6 Å². The molecular weight excluding hydrogens is 706 g/mol. The Morgan fingerprint density at radius 2 is 1.05 bits per heavy atom. The molecule has 55 heavy (non-hydrogen) atoms. The molecule has 0 saturated carbocycles. The first-order chi connectivity index (χ1) is 25.6. The smallest absolute Gasteiger partial charge is 0.420 e. The lowest BCUT2D eigenvalue weighted by molar-refractivity contribution is -0.144. The number of benzene rings is 3. The van der Waals surface area contributed by atoms with Gasteiger partial charge in [0.2, 0.25) is 5.91 Å². The summed E-state index contributed by atoms with van der Waals surface area (Å²) in [4.78, 5) is 71.9. The van der Waals surface area contributed by atoms with Crippen LogP contribution in [0.4, 0.5) is 9.59 Å². The van der Waals surface area contributed by atoms with Crippen molar-refractivity contribution in [3.8, 4) is 0 Å². The Morgan fingerprint density at radius 3 is 1.47 bits per heavy atom. The number of carbonyl (C=O) groups is 5. The summed E-state index contributed by atoms with van der Waals surface area (Å²) in [6.07, 6.45) is -7.60. The molecule has 3 aromatic carbocycles. The van der Waals surface area contributed by atoms with Gasteiger partial charge in [0.05, 0.1) is 24.3 Å². The lowest BCUT2D eigenvalue weighted by Gasteiger charge is -2.44. The minimum absolute atomic E-state index is 0.0644. The van der Waals surface area contributed by atoms with Gasteiger partial charge in [-0.05, 0) is 64.7 Å². The Hall–Kier alpha value is -4.99. The molecule has 0 aliphatic heterocycles. The van der Waals surface area contributed by atoms with E-state index in [4.69, 9.17) is 32.4 Å². The highest BCUT2D eigenvalue weighted by Crippen LogP contribution is 2.37. The number of nitrogens with zero attached hydrogens (tertiary/aromatic N) is 1. The van der Waals surface area contributed by atoms with E-state index in [0.717, 1.165) is 0 Å². The average molecular weight is 762 g/mol. The number of primary amides is 1. The number of hydrogen-bond donors (Lipinski definition) is 6. The Labute approximate surface area is 322 Å². The van der Waals surface area contributed by atoms with E-state index < -0.39 is 95.5 Å². The van der Waals surface area contributed by atoms with Gasteiger partial charge in [-0.25, -0.2) is 14.5 Å². The first kappa shape index (κ1) is 44.4. The third kappa shape index (κ3) is 11.5. The SMILES string of the molecule is CC(C)(C)OC(=O)N(C(=O)OC(C)(C)C)[C@@H](Cc1ccccc1)C(=O)C(C(=O)[C@@H](N)CC(N)=O)(c1ccccc1)[C@H](N)[C@@H](O)[C@H](O)[C@@H](N)Cc1ccccc1. The number of imide groups is 1. The molecule has 0 spiro atoms. The Balaban J connectivity index is 2.42. The van der Waals surface area contributed by atoms with Crippen molar-refractivity contribution in [2.75, 3.05) is 0 Å². The standard InChI is InChI=1S/C41H55N5O9/c1-39(2,3)54-37(52)46(38(53)55-40(4,5)6)30(23-26-18-12-8-13-19-26)36(51)41(27-20-14-9-15-21-27,35(50)29(43)24-31(44)47)34(45)33(49)32(48)28(42)22-25-16-10-7-11-17-25/h7-21,28-30,32-34,48-49H,22-24,42-43,45H2,1-6H3,(H2,44,47)/t28-,29-,30-,32+,33-,34+,41?/m0/s1. The molecule has 3 rings (SSSR count). The van der Waals surface area contributed by atoms with Gasteiger partial charge in [-0.3, -0.25) is 14.4 Å². The van der Waals surface area contributed by atoms with Crippen LogP contribution in [0.1, 0.15) is 64.7 Å². The topological polar surface area (TPSA) is 252 Å². The van der Waals surface area contributed by atoms with Gasteiger partial charge in [0, 0.05) is 18.9 Å². The number of hydrogen-bond acceptors (Lipinski definition) is 12. The van der Waals surface area contributed by atoms with Crippen LogP contribution in [0.3, 0.4) is 0 Å². The van der Waals surface area contributed by atoms with Crippen molar-refractivity contribution in [2.45, 2.75) is 114 Å². The van der Waals surface area contributed by atoms with Crippen LogP contribution in [-0.4, -0.2) is 92.4 Å². The molecule has 10 N–H and O–H groups in total. The van der Waals surface area contributed by atoms with Gasteiger partial charge in [-0.1, -0.05) is 91.0 Å². The van der Waals surface area contributed by atoms with Crippen molar-refractivity contribution >= 4 is 29.7 Å². The number of ketones is 2. The highest BCUT2D eigenvalue weighted by molar-refractivity contribution is 6.19. The summed E-state index contributed by atoms with van der Waals surface area (Å²) in [5.74, 6) is -3.36. The van der Waals surface area contributed by atoms with Gasteiger partial charge < -0.3 is 42.6 Å². The number of aliphatic hydroxyl groups is 2. The number of amides is 3. The average Bonchev–Trinajstić information content (AvgIpc) is 3.10. The second-order valence-electron chi connectivity index (χ2n) is 15.6. The normalized spacial score (nSPS) is 16.3. The second-order valence-corrected chi connectivity index (χ2v) is 15.6. The number of nitrogens with two attached hydrogens (primary N) is 4. The van der Waals surface area contributed by atoms with Crippen molar-refractivity contribution in [2.24, 2.45) is 22.9 Å². The third-order valence-corrected chi connectivity index (χ3v) is 8.80. The van der Waals surface area contributed by atoms with E-state index in [1.165, 1.54) is 24.3 Å². The lowest BCUT2D eigenvalue weighted by Crippen LogP contribution is -2.71. The van der Waals surface area contributed by atoms with Crippen LogP contribution in [0.25, 0.3) is 0 Å². The zero-order chi connectivity index (χ0) is 41.3. The van der Waals surface area contributed by atoms with E-state index in [2.05, 4.69) is 0 Å². The van der Waals surface area contributed by atoms with Gasteiger partial charge in [-0.2, -0.15) is 0 Å². The minimum atomic E-state index is -2.77. The van der Waals surface area contributed by atoms with E-state index >= 15 is 9.59 Å². The third-order valence-electron chi connectivity index (χ3n) is 8.80. The summed E-state index contributed by atoms with van der Waals surface area (Å²) in [6.45, 7) is 9.33. The highest BCUT2D eigenvalue weighted by atomic mass is 16.6. The number of carbonyl (C=O) groups excluding carboxylic acids is 5. The Bertz CT molecular complexity index is 1740. The number of aliphatic hydroxyl groups excluding tert-OH is 2.